The van der Waals surface area contributed by atoms with Crippen LogP contribution >= 0.6 is 0 Å². The zero-order valence-corrected chi connectivity index (χ0v) is 13.3. The summed E-state index contributed by atoms with van der Waals surface area (Å²) in [4.78, 5) is 4.45. The average Bonchev–Trinajstić information content (AvgIpc) is 2.92. The lowest BCUT2D eigenvalue weighted by Crippen LogP contribution is -2.19. The van der Waals surface area contributed by atoms with Gasteiger partial charge in [0.15, 0.2) is 0 Å². The monoisotopic (exact) mass is 285 g/mol. The number of aryl methyl sites for hydroxylation is 2. The zero-order chi connectivity index (χ0) is 14.9. The Labute approximate surface area is 128 Å². The second-order valence-corrected chi connectivity index (χ2v) is 6.07. The predicted octanol–water partition coefficient (Wildman–Crippen LogP) is 3.65. The third kappa shape index (κ3) is 6.13. The minimum atomic E-state index is 0.685. The first kappa shape index (κ1) is 15.8. The number of hydrogen-bond acceptors (Lipinski definition) is 2. The van der Waals surface area contributed by atoms with Crippen LogP contribution in [0.1, 0.15) is 37.9 Å². The molecule has 1 aromatic heterocycles. The molecular formula is C18H27N3. The normalized spacial score (nSPS) is 11.2. The van der Waals surface area contributed by atoms with E-state index in [0.29, 0.717) is 5.92 Å². The summed E-state index contributed by atoms with van der Waals surface area (Å²) in [5, 5.41) is 3.43. The van der Waals surface area contributed by atoms with Crippen molar-refractivity contribution >= 4 is 0 Å². The lowest BCUT2D eigenvalue weighted by atomic mass is 10.1. The number of nitrogens with one attached hydrogen (secondary N) is 1. The van der Waals surface area contributed by atoms with E-state index in [1.165, 1.54) is 24.8 Å². The molecule has 0 aliphatic rings. The Bertz CT molecular complexity index is 502. The van der Waals surface area contributed by atoms with Gasteiger partial charge in [-0.1, -0.05) is 44.2 Å². The predicted molar refractivity (Wildman–Crippen MR) is 88.2 cm³/mol. The maximum Gasteiger partial charge on any atom is 0.0949 e. The molecule has 0 atom stereocenters. The molecule has 3 nitrogen and oxygen atoms in total. The van der Waals surface area contributed by atoms with Crippen molar-refractivity contribution < 1.29 is 0 Å². The Balaban J connectivity index is 1.63. The van der Waals surface area contributed by atoms with E-state index in [9.17, 15) is 0 Å². The highest BCUT2D eigenvalue weighted by Gasteiger charge is 2.00. The first-order chi connectivity index (χ1) is 10.2. The van der Waals surface area contributed by atoms with Gasteiger partial charge in [0.2, 0.25) is 0 Å². The number of unbranched alkanes of at least 4 members (excludes halogenated alkanes) is 1. The summed E-state index contributed by atoms with van der Waals surface area (Å²) in [6.45, 7) is 7.42. The van der Waals surface area contributed by atoms with E-state index < -0.39 is 0 Å². The average molecular weight is 285 g/mol. The van der Waals surface area contributed by atoms with Crippen LogP contribution in [0.25, 0.3) is 0 Å². The number of hydrogen-bond donors (Lipinski definition) is 1. The van der Waals surface area contributed by atoms with E-state index in [-0.39, 0.29) is 0 Å². The molecule has 0 aliphatic heterocycles. The van der Waals surface area contributed by atoms with Crippen molar-refractivity contribution in [1.82, 2.24) is 14.9 Å². The number of nitrogens with zero attached hydrogens (tertiary/aromatic N) is 2. The van der Waals surface area contributed by atoms with Crippen molar-refractivity contribution in [3.63, 3.8) is 0 Å². The van der Waals surface area contributed by atoms with Crippen molar-refractivity contribution in [2.45, 2.75) is 46.2 Å². The lowest BCUT2D eigenvalue weighted by molar-refractivity contribution is 0.548. The standard InChI is InChI=1S/C18H27N3/c1-16(2)12-19-13-18-14-21(15-20-18)11-7-6-10-17-8-4-3-5-9-17/h3-5,8-9,14-16,19H,6-7,10-13H2,1-2H3. The van der Waals surface area contributed by atoms with Crippen LogP contribution in [-0.2, 0) is 19.5 Å². The van der Waals surface area contributed by atoms with E-state index in [1.54, 1.807) is 0 Å². The third-order valence-electron chi connectivity index (χ3n) is 3.52. The Morgan fingerprint density at radius 3 is 2.71 bits per heavy atom. The summed E-state index contributed by atoms with van der Waals surface area (Å²) >= 11 is 0. The number of benzene rings is 1. The molecule has 0 aliphatic carbocycles. The molecular weight excluding hydrogens is 258 g/mol. The van der Waals surface area contributed by atoms with Crippen LogP contribution in [0.4, 0.5) is 0 Å². The molecule has 21 heavy (non-hydrogen) atoms. The minimum Gasteiger partial charge on any atom is -0.337 e. The molecule has 1 heterocycles. The molecule has 0 radical (unpaired) electrons. The molecule has 0 spiro atoms. The van der Waals surface area contributed by atoms with Gasteiger partial charge >= 0.3 is 0 Å². The van der Waals surface area contributed by atoms with Crippen LogP contribution in [0.2, 0.25) is 0 Å². The highest BCUT2D eigenvalue weighted by molar-refractivity contribution is 5.14. The Morgan fingerprint density at radius 2 is 1.95 bits per heavy atom. The smallest absolute Gasteiger partial charge is 0.0949 e. The zero-order valence-electron chi connectivity index (χ0n) is 13.3. The number of imidazole rings is 1. The molecule has 0 bridgehead atoms. The third-order valence-corrected chi connectivity index (χ3v) is 3.52. The van der Waals surface area contributed by atoms with Gasteiger partial charge in [0.05, 0.1) is 12.0 Å². The van der Waals surface area contributed by atoms with E-state index >= 15 is 0 Å². The molecule has 2 rings (SSSR count). The van der Waals surface area contributed by atoms with Crippen molar-refractivity contribution in [3.8, 4) is 0 Å². The first-order valence-electron chi connectivity index (χ1n) is 7.99. The maximum absolute atomic E-state index is 4.45. The van der Waals surface area contributed by atoms with E-state index in [0.717, 1.165) is 25.3 Å². The number of aromatic nitrogens is 2. The van der Waals surface area contributed by atoms with E-state index in [1.807, 2.05) is 6.33 Å². The molecule has 0 saturated carbocycles. The SMILES string of the molecule is CC(C)CNCc1cn(CCCCc2ccccc2)cn1. The Kier molecular flexibility index (Phi) is 6.48. The fourth-order valence-corrected chi connectivity index (χ4v) is 2.38. The molecule has 0 saturated heterocycles. The molecule has 1 aromatic carbocycles. The van der Waals surface area contributed by atoms with Crippen LogP contribution in [0, 0.1) is 5.92 Å². The van der Waals surface area contributed by atoms with Gasteiger partial charge in [0.1, 0.15) is 0 Å². The quantitative estimate of drug-likeness (QED) is 0.713. The molecule has 1 N–H and O–H groups in total. The summed E-state index contributed by atoms with van der Waals surface area (Å²) in [7, 11) is 0. The van der Waals surface area contributed by atoms with Gasteiger partial charge in [-0.15, -0.1) is 0 Å². The van der Waals surface area contributed by atoms with Crippen LogP contribution in [0.5, 0.6) is 0 Å². The Hall–Kier alpha value is -1.61. The second-order valence-electron chi connectivity index (χ2n) is 6.07. The fraction of sp³-hybridized carbons (Fsp3) is 0.500. The van der Waals surface area contributed by atoms with Crippen molar-refractivity contribution in [2.24, 2.45) is 5.92 Å². The molecule has 0 unspecified atom stereocenters. The maximum atomic E-state index is 4.45. The van der Waals surface area contributed by atoms with Gasteiger partial charge in [-0.3, -0.25) is 0 Å². The van der Waals surface area contributed by atoms with Gasteiger partial charge in [0.25, 0.3) is 0 Å². The van der Waals surface area contributed by atoms with Gasteiger partial charge in [-0.2, -0.15) is 0 Å². The highest BCUT2D eigenvalue weighted by Crippen LogP contribution is 2.06. The number of rotatable bonds is 9. The summed E-state index contributed by atoms with van der Waals surface area (Å²) in [6.07, 6.45) is 7.70. The summed E-state index contributed by atoms with van der Waals surface area (Å²) in [5.74, 6) is 0.685. The summed E-state index contributed by atoms with van der Waals surface area (Å²) in [5.41, 5.74) is 2.57. The van der Waals surface area contributed by atoms with Gasteiger partial charge < -0.3 is 9.88 Å². The van der Waals surface area contributed by atoms with Gasteiger partial charge in [0, 0.05) is 19.3 Å². The molecule has 0 fully saturated rings. The van der Waals surface area contributed by atoms with E-state index in [2.05, 4.69) is 65.2 Å². The minimum absolute atomic E-state index is 0.685. The molecule has 114 valence electrons. The topological polar surface area (TPSA) is 29.9 Å². The van der Waals surface area contributed by atoms with Crippen LogP contribution in [-0.4, -0.2) is 16.1 Å². The summed E-state index contributed by atoms with van der Waals surface area (Å²) in [6, 6.07) is 10.7. The van der Waals surface area contributed by atoms with Crippen LogP contribution in [0.3, 0.4) is 0 Å². The largest absolute Gasteiger partial charge is 0.337 e. The van der Waals surface area contributed by atoms with Gasteiger partial charge in [-0.05, 0) is 37.3 Å². The van der Waals surface area contributed by atoms with Crippen molar-refractivity contribution in [2.75, 3.05) is 6.54 Å². The van der Waals surface area contributed by atoms with Crippen molar-refractivity contribution in [1.29, 1.82) is 0 Å². The van der Waals surface area contributed by atoms with Crippen LogP contribution < -0.4 is 5.32 Å². The fourth-order valence-electron chi connectivity index (χ4n) is 2.38. The van der Waals surface area contributed by atoms with Crippen molar-refractivity contribution in [3.05, 3.63) is 54.1 Å². The second kappa shape index (κ2) is 8.63. The van der Waals surface area contributed by atoms with E-state index in [4.69, 9.17) is 0 Å². The Morgan fingerprint density at radius 1 is 1.14 bits per heavy atom. The van der Waals surface area contributed by atoms with Crippen LogP contribution in [0.15, 0.2) is 42.9 Å². The summed E-state index contributed by atoms with van der Waals surface area (Å²) < 4.78 is 2.21. The molecule has 3 heteroatoms. The lowest BCUT2D eigenvalue weighted by Gasteiger charge is -2.05. The molecule has 2 aromatic rings. The van der Waals surface area contributed by atoms with Gasteiger partial charge in [-0.25, -0.2) is 4.98 Å². The molecule has 0 amide bonds. The first-order valence-corrected chi connectivity index (χ1v) is 7.99. The highest BCUT2D eigenvalue weighted by atomic mass is 15.0.